The molecule has 0 aromatic heterocycles. The lowest BCUT2D eigenvalue weighted by molar-refractivity contribution is -0.144. The Morgan fingerprint density at radius 3 is 2.14 bits per heavy atom. The number of benzene rings is 1. The maximum atomic E-state index is 13.5. The highest BCUT2D eigenvalue weighted by atomic mass is 19.2. The van der Waals surface area contributed by atoms with Gasteiger partial charge < -0.3 is 10.1 Å². The van der Waals surface area contributed by atoms with Crippen LogP contribution in [-0.2, 0) is 9.53 Å². The van der Waals surface area contributed by atoms with Crippen LogP contribution in [0.5, 0.6) is 0 Å². The molecule has 21 heavy (non-hydrogen) atoms. The predicted octanol–water partition coefficient (Wildman–Crippen LogP) is 2.17. The lowest BCUT2D eigenvalue weighted by atomic mass is 10.0. The normalized spacial score (nSPS) is 12.2. The van der Waals surface area contributed by atoms with Crippen LogP contribution < -0.4 is 5.32 Å². The molecule has 8 heteroatoms. The van der Waals surface area contributed by atoms with Crippen LogP contribution in [-0.4, -0.2) is 25.0 Å². The Morgan fingerprint density at radius 1 is 1.10 bits per heavy atom. The van der Waals surface area contributed by atoms with Crippen molar-refractivity contribution in [3.05, 3.63) is 34.9 Å². The third kappa shape index (κ3) is 3.50. The monoisotopic (exact) mass is 307 g/mol. The van der Waals surface area contributed by atoms with E-state index < -0.39 is 52.7 Å². The minimum Gasteiger partial charge on any atom is -0.467 e. The molecule has 0 spiro atoms. The van der Waals surface area contributed by atoms with Crippen LogP contribution in [0.1, 0.15) is 24.2 Å². The van der Waals surface area contributed by atoms with Crippen molar-refractivity contribution in [2.24, 2.45) is 5.92 Å². The van der Waals surface area contributed by atoms with Gasteiger partial charge in [0.25, 0.3) is 5.91 Å². The zero-order valence-corrected chi connectivity index (χ0v) is 11.5. The molecule has 1 rings (SSSR count). The first kappa shape index (κ1) is 16.9. The van der Waals surface area contributed by atoms with Crippen molar-refractivity contribution >= 4 is 11.9 Å². The van der Waals surface area contributed by atoms with E-state index in [0.717, 1.165) is 7.11 Å². The second-order valence-corrected chi connectivity index (χ2v) is 4.57. The van der Waals surface area contributed by atoms with E-state index in [1.807, 2.05) is 0 Å². The molecular weight excluding hydrogens is 294 g/mol. The van der Waals surface area contributed by atoms with Crippen molar-refractivity contribution in [3.63, 3.8) is 0 Å². The van der Waals surface area contributed by atoms with Gasteiger partial charge in [0.2, 0.25) is 0 Å². The van der Waals surface area contributed by atoms with Gasteiger partial charge in [-0.15, -0.1) is 0 Å². The molecular formula is C13H13F4NO3. The Morgan fingerprint density at radius 2 is 1.67 bits per heavy atom. The largest absolute Gasteiger partial charge is 0.467 e. The van der Waals surface area contributed by atoms with Gasteiger partial charge in [-0.1, -0.05) is 13.8 Å². The van der Waals surface area contributed by atoms with Gasteiger partial charge in [0, 0.05) is 0 Å². The highest BCUT2D eigenvalue weighted by Gasteiger charge is 2.29. The summed E-state index contributed by atoms with van der Waals surface area (Å²) in [7, 11) is 1.09. The Balaban J connectivity index is 3.12. The minimum absolute atomic E-state index is 0.220. The first-order chi connectivity index (χ1) is 9.70. The van der Waals surface area contributed by atoms with Crippen molar-refractivity contribution in [1.82, 2.24) is 5.32 Å². The van der Waals surface area contributed by atoms with Crippen LogP contribution in [0, 0.1) is 29.2 Å². The van der Waals surface area contributed by atoms with Gasteiger partial charge in [-0.05, 0) is 12.0 Å². The fourth-order valence-electron chi connectivity index (χ4n) is 1.58. The third-order valence-electron chi connectivity index (χ3n) is 2.76. The number of halogens is 4. The van der Waals surface area contributed by atoms with E-state index >= 15 is 0 Å². The van der Waals surface area contributed by atoms with E-state index in [4.69, 9.17) is 0 Å². The molecule has 1 aromatic rings. The van der Waals surface area contributed by atoms with E-state index in [-0.39, 0.29) is 6.07 Å². The number of rotatable bonds is 4. The maximum absolute atomic E-state index is 13.5. The second-order valence-electron chi connectivity index (χ2n) is 4.57. The van der Waals surface area contributed by atoms with E-state index in [1.165, 1.54) is 0 Å². The highest BCUT2D eigenvalue weighted by molar-refractivity contribution is 5.97. The molecule has 1 N–H and O–H groups in total. The van der Waals surface area contributed by atoms with Crippen molar-refractivity contribution in [2.75, 3.05) is 7.11 Å². The fraction of sp³-hybridized carbons (Fsp3) is 0.385. The van der Waals surface area contributed by atoms with Crippen molar-refractivity contribution < 1.29 is 31.9 Å². The molecule has 116 valence electrons. The molecule has 0 fully saturated rings. The zero-order valence-electron chi connectivity index (χ0n) is 11.5. The molecule has 0 radical (unpaired) electrons. The molecule has 0 aliphatic rings. The zero-order chi connectivity index (χ0) is 16.3. The van der Waals surface area contributed by atoms with Gasteiger partial charge in [0.05, 0.1) is 12.7 Å². The van der Waals surface area contributed by atoms with Crippen LogP contribution in [0.25, 0.3) is 0 Å². The van der Waals surface area contributed by atoms with Crippen LogP contribution >= 0.6 is 0 Å². The molecule has 4 nitrogen and oxygen atoms in total. The van der Waals surface area contributed by atoms with E-state index in [2.05, 4.69) is 10.1 Å². The summed E-state index contributed by atoms with van der Waals surface area (Å²) in [5.41, 5.74) is -1.04. The Labute approximate surface area is 118 Å². The molecule has 0 aliphatic heterocycles. The SMILES string of the molecule is COC(=O)C(NC(=O)c1cc(F)c(F)c(F)c1F)C(C)C. The summed E-state index contributed by atoms with van der Waals surface area (Å²) < 4.78 is 56.9. The molecule has 0 saturated heterocycles. The van der Waals surface area contributed by atoms with Gasteiger partial charge in [0.1, 0.15) is 6.04 Å². The molecule has 1 unspecified atom stereocenters. The summed E-state index contributed by atoms with van der Waals surface area (Å²) in [6, 6.07) is -0.921. The van der Waals surface area contributed by atoms with Crippen molar-refractivity contribution in [2.45, 2.75) is 19.9 Å². The summed E-state index contributed by atoms with van der Waals surface area (Å²) in [5.74, 6) is -10.1. The number of hydrogen-bond donors (Lipinski definition) is 1. The first-order valence-electron chi connectivity index (χ1n) is 5.92. The summed E-state index contributed by atoms with van der Waals surface area (Å²) in [6.07, 6.45) is 0. The number of amides is 1. The van der Waals surface area contributed by atoms with Crippen molar-refractivity contribution in [1.29, 1.82) is 0 Å². The molecule has 0 heterocycles. The smallest absolute Gasteiger partial charge is 0.328 e. The maximum Gasteiger partial charge on any atom is 0.328 e. The van der Waals surface area contributed by atoms with Crippen LogP contribution in [0.3, 0.4) is 0 Å². The summed E-state index contributed by atoms with van der Waals surface area (Å²) in [5, 5.41) is 2.09. The average Bonchev–Trinajstić information content (AvgIpc) is 2.44. The van der Waals surface area contributed by atoms with E-state index in [1.54, 1.807) is 13.8 Å². The standard InChI is InChI=1S/C13H13F4NO3/c1-5(2)11(13(20)21-3)18-12(19)6-4-7(14)9(16)10(17)8(6)15/h4-5,11H,1-3H3,(H,18,19). The third-order valence-corrected chi connectivity index (χ3v) is 2.76. The minimum atomic E-state index is -2.10. The summed E-state index contributed by atoms with van der Waals surface area (Å²) >= 11 is 0. The van der Waals surface area contributed by atoms with E-state index in [9.17, 15) is 27.2 Å². The number of esters is 1. The lowest BCUT2D eigenvalue weighted by Crippen LogP contribution is -2.45. The Hall–Kier alpha value is -2.12. The van der Waals surface area contributed by atoms with Crippen LogP contribution in [0.15, 0.2) is 6.07 Å². The van der Waals surface area contributed by atoms with Gasteiger partial charge in [-0.3, -0.25) is 4.79 Å². The summed E-state index contributed by atoms with van der Waals surface area (Å²) in [6.45, 7) is 3.15. The van der Waals surface area contributed by atoms with Gasteiger partial charge in [-0.25, -0.2) is 22.4 Å². The van der Waals surface area contributed by atoms with E-state index in [0.29, 0.717) is 0 Å². The predicted molar refractivity (Wildman–Crippen MR) is 64.4 cm³/mol. The lowest BCUT2D eigenvalue weighted by Gasteiger charge is -2.20. The molecule has 0 aliphatic carbocycles. The van der Waals surface area contributed by atoms with Gasteiger partial charge in [0.15, 0.2) is 23.3 Å². The molecule has 1 atom stereocenters. The number of ether oxygens (including phenoxy) is 1. The van der Waals surface area contributed by atoms with Gasteiger partial charge in [-0.2, -0.15) is 0 Å². The molecule has 1 aromatic carbocycles. The van der Waals surface area contributed by atoms with Crippen LogP contribution in [0.4, 0.5) is 17.6 Å². The van der Waals surface area contributed by atoms with Gasteiger partial charge >= 0.3 is 5.97 Å². The fourth-order valence-corrected chi connectivity index (χ4v) is 1.58. The average molecular weight is 307 g/mol. The molecule has 0 saturated carbocycles. The topological polar surface area (TPSA) is 55.4 Å². The molecule has 0 bridgehead atoms. The number of carbonyl (C=O) groups excluding carboxylic acids is 2. The number of methoxy groups -OCH3 is 1. The number of hydrogen-bond acceptors (Lipinski definition) is 3. The quantitative estimate of drug-likeness (QED) is 0.401. The first-order valence-corrected chi connectivity index (χ1v) is 5.92. The number of carbonyl (C=O) groups is 2. The highest BCUT2D eigenvalue weighted by Crippen LogP contribution is 2.19. The van der Waals surface area contributed by atoms with Crippen LogP contribution in [0.2, 0.25) is 0 Å². The second kappa shape index (κ2) is 6.55. The summed E-state index contributed by atoms with van der Waals surface area (Å²) in [4.78, 5) is 23.3. The molecule has 1 amide bonds. The Bertz CT molecular complexity index is 575. The Kier molecular flexibility index (Phi) is 5.28. The number of nitrogens with one attached hydrogen (secondary N) is 1. The van der Waals surface area contributed by atoms with Crippen molar-refractivity contribution in [3.8, 4) is 0 Å².